The fourth-order valence-electron chi connectivity index (χ4n) is 0.819. The predicted octanol–water partition coefficient (Wildman–Crippen LogP) is -1.09. The summed E-state index contributed by atoms with van der Waals surface area (Å²) in [6.45, 7) is 2.29. The number of rotatable bonds is 2. The molecule has 0 radical (unpaired) electrons. The van der Waals surface area contributed by atoms with Crippen molar-refractivity contribution < 1.29 is 15.0 Å². The van der Waals surface area contributed by atoms with Crippen molar-refractivity contribution in [3.8, 4) is 0 Å². The molecule has 1 aliphatic rings. The number of carbonyl (C=O) groups is 1. The van der Waals surface area contributed by atoms with Gasteiger partial charge in [0.2, 0.25) is 0 Å². The zero-order valence-corrected chi connectivity index (χ0v) is 6.19. The summed E-state index contributed by atoms with van der Waals surface area (Å²) in [5.41, 5.74) is 0. The van der Waals surface area contributed by atoms with E-state index < -0.39 is 11.7 Å². The summed E-state index contributed by atoms with van der Waals surface area (Å²) < 4.78 is 0. The summed E-state index contributed by atoms with van der Waals surface area (Å²) in [4.78, 5) is 10.9. The third kappa shape index (κ3) is 1.38. The van der Waals surface area contributed by atoms with Gasteiger partial charge in [-0.1, -0.05) is 6.92 Å². The van der Waals surface area contributed by atoms with Crippen LogP contribution in [0, 0.1) is 0 Å². The Balaban J connectivity index is 2.65. The van der Waals surface area contributed by atoms with Gasteiger partial charge in [0, 0.05) is 6.54 Å². The molecule has 0 aromatic carbocycles. The predicted molar refractivity (Wildman–Crippen MR) is 37.7 cm³/mol. The van der Waals surface area contributed by atoms with Crippen LogP contribution in [0.25, 0.3) is 0 Å². The van der Waals surface area contributed by atoms with Crippen molar-refractivity contribution in [1.29, 1.82) is 0 Å². The highest BCUT2D eigenvalue weighted by Crippen LogP contribution is 2.11. The lowest BCUT2D eigenvalue weighted by atomic mass is 10.3. The van der Waals surface area contributed by atoms with Crippen LogP contribution in [-0.4, -0.2) is 39.7 Å². The molecule has 62 valence electrons. The van der Waals surface area contributed by atoms with Crippen molar-refractivity contribution in [2.24, 2.45) is 5.10 Å². The molecular weight excluding hydrogens is 148 g/mol. The van der Waals surface area contributed by atoms with E-state index in [1.165, 1.54) is 0 Å². The second-order valence-corrected chi connectivity index (χ2v) is 2.40. The maximum absolute atomic E-state index is 10.9. The average molecular weight is 158 g/mol. The Labute approximate surface area is 63.9 Å². The summed E-state index contributed by atoms with van der Waals surface area (Å²) >= 11 is 0. The number of nitrogens with zero attached hydrogens (tertiary/aromatic N) is 2. The zero-order chi connectivity index (χ0) is 8.48. The molecule has 0 saturated carbocycles. The molecular formula is C6H10N2O3. The van der Waals surface area contributed by atoms with Crippen LogP contribution in [0.4, 0.5) is 0 Å². The van der Waals surface area contributed by atoms with Crippen LogP contribution >= 0.6 is 0 Å². The second kappa shape index (κ2) is 2.60. The Morgan fingerprint density at radius 2 is 2.36 bits per heavy atom. The first-order valence-electron chi connectivity index (χ1n) is 3.40. The molecule has 0 unspecified atom stereocenters. The van der Waals surface area contributed by atoms with Crippen LogP contribution in [0.1, 0.15) is 13.3 Å². The van der Waals surface area contributed by atoms with E-state index in [2.05, 4.69) is 5.10 Å². The lowest BCUT2D eigenvalue weighted by molar-refractivity contribution is -0.167. The van der Waals surface area contributed by atoms with Crippen molar-refractivity contribution in [3.63, 3.8) is 0 Å². The topological polar surface area (TPSA) is 73.1 Å². The van der Waals surface area contributed by atoms with E-state index in [9.17, 15) is 4.79 Å². The number of hydrogen-bond acceptors (Lipinski definition) is 4. The normalized spacial score (nSPS) is 21.4. The van der Waals surface area contributed by atoms with Gasteiger partial charge in [-0.3, -0.25) is 4.79 Å². The highest BCUT2D eigenvalue weighted by molar-refractivity contribution is 6.02. The number of hydrazone groups is 1. The molecule has 11 heavy (non-hydrogen) atoms. The number of hydrogen-bond donors (Lipinski definition) is 2. The van der Waals surface area contributed by atoms with Gasteiger partial charge in [0.1, 0.15) is 0 Å². The first-order chi connectivity index (χ1) is 5.08. The standard InChI is InChI=1S/C6H10N2O3/c1-2-3-8-5(9)6(10,11)4-7-8/h4,10-11H,2-3H2,1H3. The summed E-state index contributed by atoms with van der Waals surface area (Å²) in [6.07, 6.45) is 1.56. The van der Waals surface area contributed by atoms with Crippen LogP contribution in [0.3, 0.4) is 0 Å². The molecule has 1 amide bonds. The first kappa shape index (κ1) is 8.16. The van der Waals surface area contributed by atoms with E-state index in [0.717, 1.165) is 17.6 Å². The third-order valence-electron chi connectivity index (χ3n) is 1.36. The molecule has 0 spiro atoms. The van der Waals surface area contributed by atoms with E-state index in [-0.39, 0.29) is 0 Å². The van der Waals surface area contributed by atoms with Gasteiger partial charge in [0.15, 0.2) is 0 Å². The molecule has 0 saturated heterocycles. The fourth-order valence-corrected chi connectivity index (χ4v) is 0.819. The second-order valence-electron chi connectivity index (χ2n) is 2.40. The summed E-state index contributed by atoms with van der Waals surface area (Å²) in [6, 6.07) is 0. The highest BCUT2D eigenvalue weighted by atomic mass is 16.5. The minimum atomic E-state index is -2.38. The Hall–Kier alpha value is -0.940. The van der Waals surface area contributed by atoms with Crippen LogP contribution in [-0.2, 0) is 4.79 Å². The molecule has 0 aliphatic carbocycles. The maximum atomic E-state index is 10.9. The lowest BCUT2D eigenvalue weighted by Crippen LogP contribution is -2.42. The van der Waals surface area contributed by atoms with E-state index >= 15 is 0 Å². The lowest BCUT2D eigenvalue weighted by Gasteiger charge is -2.13. The van der Waals surface area contributed by atoms with Crippen molar-refractivity contribution in [3.05, 3.63) is 0 Å². The summed E-state index contributed by atoms with van der Waals surface area (Å²) in [5.74, 6) is -3.16. The van der Waals surface area contributed by atoms with Gasteiger partial charge in [-0.25, -0.2) is 5.01 Å². The molecule has 5 nitrogen and oxygen atoms in total. The molecule has 0 atom stereocenters. The van der Waals surface area contributed by atoms with Crippen LogP contribution in [0.2, 0.25) is 0 Å². The van der Waals surface area contributed by atoms with Gasteiger partial charge >= 0.3 is 5.91 Å². The van der Waals surface area contributed by atoms with E-state index in [4.69, 9.17) is 10.2 Å². The fraction of sp³-hybridized carbons (Fsp3) is 0.667. The van der Waals surface area contributed by atoms with E-state index in [0.29, 0.717) is 6.54 Å². The monoisotopic (exact) mass is 158 g/mol. The molecule has 5 heteroatoms. The SMILES string of the molecule is CCCN1N=CC(O)(O)C1=O. The number of amides is 1. The molecule has 1 aliphatic heterocycles. The Morgan fingerprint density at radius 3 is 2.73 bits per heavy atom. The molecule has 1 rings (SSSR count). The quantitative estimate of drug-likeness (QED) is 0.501. The van der Waals surface area contributed by atoms with Gasteiger partial charge in [-0.05, 0) is 6.42 Å². The molecule has 1 heterocycles. The highest BCUT2D eigenvalue weighted by Gasteiger charge is 2.40. The molecule has 0 aromatic heterocycles. The first-order valence-corrected chi connectivity index (χ1v) is 3.40. The largest absolute Gasteiger partial charge is 0.354 e. The smallest absolute Gasteiger partial charge is 0.308 e. The molecule has 0 aromatic rings. The van der Waals surface area contributed by atoms with E-state index in [1.54, 1.807) is 0 Å². The van der Waals surface area contributed by atoms with E-state index in [1.807, 2.05) is 6.92 Å². The Kier molecular flexibility index (Phi) is 1.92. The Bertz CT molecular complexity index is 200. The van der Waals surface area contributed by atoms with Gasteiger partial charge in [0.05, 0.1) is 6.21 Å². The molecule has 2 N–H and O–H groups in total. The Morgan fingerprint density at radius 1 is 1.73 bits per heavy atom. The number of carbonyl (C=O) groups excluding carboxylic acids is 1. The van der Waals surface area contributed by atoms with Crippen molar-refractivity contribution >= 4 is 12.1 Å². The summed E-state index contributed by atoms with van der Waals surface area (Å²) in [7, 11) is 0. The van der Waals surface area contributed by atoms with Crippen LogP contribution in [0.15, 0.2) is 5.10 Å². The average Bonchev–Trinajstić information content (AvgIpc) is 2.17. The minimum absolute atomic E-state index is 0.415. The van der Waals surface area contributed by atoms with Gasteiger partial charge in [-0.15, -0.1) is 0 Å². The van der Waals surface area contributed by atoms with Crippen molar-refractivity contribution in [2.75, 3.05) is 6.54 Å². The van der Waals surface area contributed by atoms with Crippen molar-refractivity contribution in [1.82, 2.24) is 5.01 Å². The minimum Gasteiger partial charge on any atom is -0.354 e. The van der Waals surface area contributed by atoms with Crippen molar-refractivity contribution in [2.45, 2.75) is 19.1 Å². The molecule has 0 bridgehead atoms. The van der Waals surface area contributed by atoms with Crippen LogP contribution in [0.5, 0.6) is 0 Å². The number of aliphatic hydroxyl groups is 2. The van der Waals surface area contributed by atoms with Gasteiger partial charge in [-0.2, -0.15) is 5.10 Å². The van der Waals surface area contributed by atoms with Gasteiger partial charge < -0.3 is 10.2 Å². The third-order valence-corrected chi connectivity index (χ3v) is 1.36. The molecule has 0 fully saturated rings. The van der Waals surface area contributed by atoms with Gasteiger partial charge in [0.25, 0.3) is 5.79 Å². The summed E-state index contributed by atoms with van der Waals surface area (Å²) in [5, 5.41) is 22.3. The maximum Gasteiger partial charge on any atom is 0.308 e. The van der Waals surface area contributed by atoms with Crippen LogP contribution < -0.4 is 0 Å². The zero-order valence-electron chi connectivity index (χ0n) is 6.19.